The predicted octanol–water partition coefficient (Wildman–Crippen LogP) is 2.82. The predicted molar refractivity (Wildman–Crippen MR) is 76.1 cm³/mol. The molecule has 1 N–H and O–H groups in total. The molecular weight excluding hydrogens is 336 g/mol. The zero-order valence-electron chi connectivity index (χ0n) is 11.3. The Morgan fingerprint density at radius 1 is 1.00 bits per heavy atom. The minimum absolute atomic E-state index is 0.145. The van der Waals surface area contributed by atoms with Gasteiger partial charge in [-0.15, -0.1) is 0 Å². The summed E-state index contributed by atoms with van der Waals surface area (Å²) in [6.07, 6.45) is 0. The molecule has 4 nitrogen and oxygen atoms in total. The Morgan fingerprint density at radius 3 is 2.15 bits per heavy atom. The lowest BCUT2D eigenvalue weighted by molar-refractivity contribution is 0.0272. The zero-order chi connectivity index (χ0) is 14.8. The highest BCUT2D eigenvalue weighted by Crippen LogP contribution is 2.23. The number of rotatable bonds is 10. The van der Waals surface area contributed by atoms with Gasteiger partial charge in [-0.3, -0.25) is 0 Å². The summed E-state index contributed by atoms with van der Waals surface area (Å²) in [5.41, 5.74) is -0.145. The minimum Gasteiger partial charge on any atom is -0.382 e. The molecule has 0 heterocycles. The summed E-state index contributed by atoms with van der Waals surface area (Å²) >= 11 is 3.02. The first kappa shape index (κ1) is 17.3. The molecule has 1 aromatic rings. The van der Waals surface area contributed by atoms with Crippen molar-refractivity contribution >= 4 is 21.6 Å². The quantitative estimate of drug-likeness (QED) is 0.656. The average molecular weight is 354 g/mol. The summed E-state index contributed by atoms with van der Waals surface area (Å²) in [5.74, 6) is -1.28. The van der Waals surface area contributed by atoms with Crippen LogP contribution in [0.3, 0.4) is 0 Å². The first-order valence-electron chi connectivity index (χ1n) is 6.18. The fourth-order valence-corrected chi connectivity index (χ4v) is 1.83. The molecule has 0 aliphatic carbocycles. The second-order valence-corrected chi connectivity index (χ2v) is 4.80. The van der Waals surface area contributed by atoms with Gasteiger partial charge in [0.05, 0.1) is 33.0 Å². The number of nitrogens with one attached hydrogen (secondary N) is 1. The number of ether oxygens (including phenoxy) is 3. The Kier molecular flexibility index (Phi) is 8.68. The highest BCUT2D eigenvalue weighted by molar-refractivity contribution is 9.10. The fourth-order valence-electron chi connectivity index (χ4n) is 1.42. The van der Waals surface area contributed by atoms with E-state index in [0.29, 0.717) is 44.1 Å². The third-order valence-corrected chi connectivity index (χ3v) is 2.82. The molecule has 0 aliphatic heterocycles. The van der Waals surface area contributed by atoms with E-state index in [0.717, 1.165) is 0 Å². The second-order valence-electron chi connectivity index (χ2n) is 3.89. The summed E-state index contributed by atoms with van der Waals surface area (Å²) in [6.45, 7) is 2.61. The normalized spacial score (nSPS) is 10.8. The van der Waals surface area contributed by atoms with E-state index < -0.39 is 11.6 Å². The molecule has 1 aromatic carbocycles. The lowest BCUT2D eigenvalue weighted by Gasteiger charge is -2.10. The van der Waals surface area contributed by atoms with E-state index in [1.54, 1.807) is 7.11 Å². The van der Waals surface area contributed by atoms with Crippen molar-refractivity contribution in [3.8, 4) is 0 Å². The van der Waals surface area contributed by atoms with Gasteiger partial charge in [0.2, 0.25) is 0 Å². The maximum atomic E-state index is 13.5. The summed E-state index contributed by atoms with van der Waals surface area (Å²) in [5, 5.41) is 2.66. The molecule has 0 bridgehead atoms. The van der Waals surface area contributed by atoms with Crippen LogP contribution in [0.4, 0.5) is 14.5 Å². The van der Waals surface area contributed by atoms with Crippen molar-refractivity contribution < 1.29 is 23.0 Å². The van der Waals surface area contributed by atoms with Crippen LogP contribution < -0.4 is 5.32 Å². The van der Waals surface area contributed by atoms with Crippen molar-refractivity contribution in [2.24, 2.45) is 0 Å². The van der Waals surface area contributed by atoms with Crippen LogP contribution in [0.5, 0.6) is 0 Å². The minimum atomic E-state index is -0.639. The van der Waals surface area contributed by atoms with Crippen molar-refractivity contribution in [2.45, 2.75) is 0 Å². The van der Waals surface area contributed by atoms with Crippen LogP contribution in [0, 0.1) is 11.6 Å². The highest BCUT2D eigenvalue weighted by Gasteiger charge is 2.09. The van der Waals surface area contributed by atoms with Gasteiger partial charge < -0.3 is 19.5 Å². The van der Waals surface area contributed by atoms with Crippen molar-refractivity contribution in [3.63, 3.8) is 0 Å². The Balaban J connectivity index is 2.13. The molecule has 0 unspecified atom stereocenters. The molecule has 7 heteroatoms. The maximum absolute atomic E-state index is 13.5. The number of methoxy groups -OCH3 is 1. The molecule has 0 spiro atoms. The van der Waals surface area contributed by atoms with Gasteiger partial charge in [-0.25, -0.2) is 8.78 Å². The van der Waals surface area contributed by atoms with Gasteiger partial charge in [0.15, 0.2) is 0 Å². The van der Waals surface area contributed by atoms with Crippen molar-refractivity contribution in [3.05, 3.63) is 28.2 Å². The third-order valence-electron chi connectivity index (χ3n) is 2.36. The van der Waals surface area contributed by atoms with Crippen LogP contribution >= 0.6 is 15.9 Å². The molecular formula is C13H18BrF2NO3. The Labute approximate surface area is 125 Å². The molecule has 0 aliphatic rings. The van der Waals surface area contributed by atoms with Crippen LogP contribution in [0.1, 0.15) is 0 Å². The molecule has 0 atom stereocenters. The van der Waals surface area contributed by atoms with Crippen LogP contribution in [0.2, 0.25) is 0 Å². The van der Waals surface area contributed by atoms with E-state index in [1.807, 2.05) is 0 Å². The summed E-state index contributed by atoms with van der Waals surface area (Å²) < 4.78 is 42.5. The molecule has 0 fully saturated rings. The van der Waals surface area contributed by atoms with Gasteiger partial charge >= 0.3 is 0 Å². The van der Waals surface area contributed by atoms with Crippen LogP contribution in [0.25, 0.3) is 0 Å². The molecule has 0 saturated carbocycles. The van der Waals surface area contributed by atoms with Crippen molar-refractivity contribution in [1.82, 2.24) is 0 Å². The number of hydrogen-bond acceptors (Lipinski definition) is 4. The SMILES string of the molecule is COCCOCCOCCNc1c(F)cc(Br)cc1F. The van der Waals surface area contributed by atoms with Crippen molar-refractivity contribution in [1.29, 1.82) is 0 Å². The topological polar surface area (TPSA) is 39.7 Å². The Hall–Kier alpha value is -0.760. The summed E-state index contributed by atoms with van der Waals surface area (Å²) in [4.78, 5) is 0. The fraction of sp³-hybridized carbons (Fsp3) is 0.538. The molecule has 0 amide bonds. The molecule has 20 heavy (non-hydrogen) atoms. The van der Waals surface area contributed by atoms with E-state index in [2.05, 4.69) is 21.2 Å². The monoisotopic (exact) mass is 353 g/mol. The van der Waals surface area contributed by atoms with Gasteiger partial charge in [-0.1, -0.05) is 15.9 Å². The van der Waals surface area contributed by atoms with E-state index in [9.17, 15) is 8.78 Å². The molecule has 0 aromatic heterocycles. The lowest BCUT2D eigenvalue weighted by Crippen LogP contribution is -2.14. The molecule has 1 rings (SSSR count). The maximum Gasteiger partial charge on any atom is 0.150 e. The Morgan fingerprint density at radius 2 is 1.55 bits per heavy atom. The van der Waals surface area contributed by atoms with E-state index in [-0.39, 0.29) is 5.69 Å². The molecule has 0 radical (unpaired) electrons. The second kappa shape index (κ2) is 10.0. The first-order chi connectivity index (χ1) is 9.65. The standard InChI is InChI=1S/C13H18BrF2NO3/c1-18-4-5-20-7-6-19-3-2-17-13-11(15)8-10(14)9-12(13)16/h8-9,17H,2-7H2,1H3. The zero-order valence-corrected chi connectivity index (χ0v) is 12.8. The smallest absolute Gasteiger partial charge is 0.150 e. The van der Waals surface area contributed by atoms with Crippen LogP contribution in [0.15, 0.2) is 16.6 Å². The first-order valence-corrected chi connectivity index (χ1v) is 6.97. The van der Waals surface area contributed by atoms with Crippen molar-refractivity contribution in [2.75, 3.05) is 52.0 Å². The van der Waals surface area contributed by atoms with E-state index in [4.69, 9.17) is 14.2 Å². The third kappa shape index (κ3) is 6.60. The number of hydrogen-bond donors (Lipinski definition) is 1. The molecule has 0 saturated heterocycles. The Bertz CT molecular complexity index is 384. The molecule has 114 valence electrons. The van der Waals surface area contributed by atoms with Gasteiger partial charge in [-0.2, -0.15) is 0 Å². The highest BCUT2D eigenvalue weighted by atomic mass is 79.9. The number of anilines is 1. The number of halogens is 3. The largest absolute Gasteiger partial charge is 0.382 e. The van der Waals surface area contributed by atoms with Gasteiger partial charge in [0, 0.05) is 18.1 Å². The van der Waals surface area contributed by atoms with Gasteiger partial charge in [-0.05, 0) is 12.1 Å². The van der Waals surface area contributed by atoms with Gasteiger partial charge in [0.25, 0.3) is 0 Å². The van der Waals surface area contributed by atoms with E-state index >= 15 is 0 Å². The summed E-state index contributed by atoms with van der Waals surface area (Å²) in [6, 6.07) is 2.41. The number of benzene rings is 1. The van der Waals surface area contributed by atoms with Crippen LogP contribution in [-0.2, 0) is 14.2 Å². The lowest BCUT2D eigenvalue weighted by atomic mass is 10.3. The summed E-state index contributed by atoms with van der Waals surface area (Å²) in [7, 11) is 1.60. The van der Waals surface area contributed by atoms with Gasteiger partial charge in [0.1, 0.15) is 17.3 Å². The van der Waals surface area contributed by atoms with Crippen LogP contribution in [-0.4, -0.2) is 46.7 Å². The average Bonchev–Trinajstić information content (AvgIpc) is 2.39. The van der Waals surface area contributed by atoms with E-state index in [1.165, 1.54) is 12.1 Å².